The summed E-state index contributed by atoms with van der Waals surface area (Å²) in [6, 6.07) is 3.71. The Labute approximate surface area is 129 Å². The van der Waals surface area contributed by atoms with Gasteiger partial charge in [-0.2, -0.15) is 13.2 Å². The predicted molar refractivity (Wildman–Crippen MR) is 76.9 cm³/mol. The number of aliphatic carboxylic acids is 1. The van der Waals surface area contributed by atoms with Crippen LogP contribution in [-0.4, -0.2) is 17.6 Å². The van der Waals surface area contributed by atoms with E-state index in [2.05, 4.69) is 21.2 Å². The van der Waals surface area contributed by atoms with Gasteiger partial charge in [-0.15, -0.1) is 0 Å². The van der Waals surface area contributed by atoms with Gasteiger partial charge in [-0.1, -0.05) is 15.9 Å². The summed E-state index contributed by atoms with van der Waals surface area (Å²) >= 11 is 3.06. The fourth-order valence-electron chi connectivity index (χ4n) is 1.66. The maximum Gasteiger partial charge on any atom is 0.416 e. The van der Waals surface area contributed by atoms with E-state index in [1.165, 1.54) is 0 Å². The molecule has 0 bridgehead atoms. The van der Waals surface area contributed by atoms with Gasteiger partial charge < -0.3 is 10.4 Å². The minimum Gasteiger partial charge on any atom is -0.481 e. The Morgan fingerprint density at radius 1 is 1.29 bits per heavy atom. The summed E-state index contributed by atoms with van der Waals surface area (Å²) < 4.78 is 38.4. The highest BCUT2D eigenvalue weighted by Crippen LogP contribution is 2.32. The zero-order valence-corrected chi connectivity index (χ0v) is 13.3. The third-order valence-corrected chi connectivity index (χ3v) is 3.58. The molecular weight excluding hydrogens is 351 g/mol. The van der Waals surface area contributed by atoms with Gasteiger partial charge in [0.25, 0.3) is 0 Å². The molecule has 0 aromatic heterocycles. The molecule has 1 aromatic rings. The molecule has 0 heterocycles. The Morgan fingerprint density at radius 3 is 2.43 bits per heavy atom. The predicted octanol–water partition coefficient (Wildman–Crippen LogP) is 4.06. The van der Waals surface area contributed by atoms with Gasteiger partial charge in [-0.25, -0.2) is 0 Å². The van der Waals surface area contributed by atoms with Crippen LogP contribution in [0.5, 0.6) is 0 Å². The fourth-order valence-corrected chi connectivity index (χ4v) is 2.20. The van der Waals surface area contributed by atoms with Crippen LogP contribution in [0.2, 0.25) is 0 Å². The van der Waals surface area contributed by atoms with Crippen molar-refractivity contribution >= 4 is 21.9 Å². The maximum atomic E-state index is 12.7. The lowest BCUT2D eigenvalue weighted by Gasteiger charge is -2.19. The van der Waals surface area contributed by atoms with E-state index in [0.717, 1.165) is 12.1 Å². The van der Waals surface area contributed by atoms with Crippen molar-refractivity contribution in [1.29, 1.82) is 0 Å². The van der Waals surface area contributed by atoms with E-state index < -0.39 is 23.1 Å². The van der Waals surface area contributed by atoms with Crippen LogP contribution < -0.4 is 5.32 Å². The molecule has 0 aliphatic rings. The van der Waals surface area contributed by atoms with Crippen LogP contribution >= 0.6 is 15.9 Å². The van der Waals surface area contributed by atoms with Crippen LogP contribution in [0.3, 0.4) is 0 Å². The Kier molecular flexibility index (Phi) is 5.81. The van der Waals surface area contributed by atoms with Crippen molar-refractivity contribution in [2.45, 2.75) is 33.0 Å². The number of carbonyl (C=O) groups is 1. The Balaban J connectivity index is 2.61. The molecule has 0 fully saturated rings. The van der Waals surface area contributed by atoms with Crippen molar-refractivity contribution in [2.24, 2.45) is 5.41 Å². The first-order valence-corrected chi connectivity index (χ1v) is 7.12. The van der Waals surface area contributed by atoms with E-state index in [9.17, 15) is 18.0 Å². The summed E-state index contributed by atoms with van der Waals surface area (Å²) in [7, 11) is 0. The summed E-state index contributed by atoms with van der Waals surface area (Å²) in [5, 5.41) is 11.9. The molecule has 1 aromatic carbocycles. The van der Waals surface area contributed by atoms with Crippen molar-refractivity contribution in [3.8, 4) is 0 Å². The molecule has 3 nitrogen and oxygen atoms in total. The molecule has 118 valence electrons. The van der Waals surface area contributed by atoms with Gasteiger partial charge in [0.2, 0.25) is 0 Å². The number of carboxylic acids is 1. The zero-order chi connectivity index (χ0) is 16.3. The monoisotopic (exact) mass is 367 g/mol. The summed E-state index contributed by atoms with van der Waals surface area (Å²) in [5.41, 5.74) is -1.08. The van der Waals surface area contributed by atoms with Crippen molar-refractivity contribution in [2.75, 3.05) is 6.54 Å². The van der Waals surface area contributed by atoms with E-state index in [4.69, 9.17) is 5.11 Å². The third kappa shape index (κ3) is 5.67. The SMILES string of the molecule is CC(C)(CCNCc1cc(Br)cc(C(F)(F)F)c1)C(=O)O. The standard InChI is InChI=1S/C14H17BrF3NO2/c1-13(2,12(20)21)3-4-19-8-9-5-10(14(16,17)18)7-11(15)6-9/h5-7,19H,3-4,8H2,1-2H3,(H,20,21). The average Bonchev–Trinajstić information content (AvgIpc) is 2.33. The van der Waals surface area contributed by atoms with Gasteiger partial charge in [0.1, 0.15) is 0 Å². The van der Waals surface area contributed by atoms with E-state index in [0.29, 0.717) is 23.0 Å². The number of carboxylic acid groups (broad SMARTS) is 1. The number of hydrogen-bond donors (Lipinski definition) is 2. The molecule has 0 aliphatic heterocycles. The lowest BCUT2D eigenvalue weighted by molar-refractivity contribution is -0.147. The first-order chi connectivity index (χ1) is 9.52. The summed E-state index contributed by atoms with van der Waals surface area (Å²) in [6.45, 7) is 3.88. The second-order valence-corrected chi connectivity index (χ2v) is 6.38. The second-order valence-electron chi connectivity index (χ2n) is 5.46. The normalized spacial score (nSPS) is 12.5. The summed E-state index contributed by atoms with van der Waals surface area (Å²) in [4.78, 5) is 10.9. The third-order valence-electron chi connectivity index (χ3n) is 3.12. The van der Waals surface area contributed by atoms with Gasteiger partial charge in [-0.3, -0.25) is 4.79 Å². The van der Waals surface area contributed by atoms with Crippen LogP contribution in [-0.2, 0) is 17.5 Å². The van der Waals surface area contributed by atoms with E-state index in [1.54, 1.807) is 19.9 Å². The maximum absolute atomic E-state index is 12.7. The molecule has 0 radical (unpaired) electrons. The molecule has 0 atom stereocenters. The van der Waals surface area contributed by atoms with Gasteiger partial charge in [0, 0.05) is 11.0 Å². The van der Waals surface area contributed by atoms with Crippen molar-refractivity contribution < 1.29 is 23.1 Å². The Hall–Kier alpha value is -1.08. The van der Waals surface area contributed by atoms with Gasteiger partial charge in [0.15, 0.2) is 0 Å². The summed E-state index contributed by atoms with van der Waals surface area (Å²) in [6.07, 6.45) is -3.99. The molecule has 0 amide bonds. The fraction of sp³-hybridized carbons (Fsp3) is 0.500. The molecule has 0 saturated carbocycles. The van der Waals surface area contributed by atoms with Gasteiger partial charge in [0.05, 0.1) is 11.0 Å². The zero-order valence-electron chi connectivity index (χ0n) is 11.7. The van der Waals surface area contributed by atoms with E-state index in [-0.39, 0.29) is 6.54 Å². The van der Waals surface area contributed by atoms with Crippen molar-refractivity contribution in [1.82, 2.24) is 5.32 Å². The topological polar surface area (TPSA) is 49.3 Å². The second kappa shape index (κ2) is 6.79. The van der Waals surface area contributed by atoms with E-state index in [1.807, 2.05) is 0 Å². The molecule has 0 spiro atoms. The largest absolute Gasteiger partial charge is 0.481 e. The Bertz CT molecular complexity index is 515. The first-order valence-electron chi connectivity index (χ1n) is 6.33. The minimum absolute atomic E-state index is 0.248. The molecule has 21 heavy (non-hydrogen) atoms. The lowest BCUT2D eigenvalue weighted by atomic mass is 9.90. The van der Waals surface area contributed by atoms with Crippen LogP contribution in [0.1, 0.15) is 31.4 Å². The lowest BCUT2D eigenvalue weighted by Crippen LogP contribution is -2.28. The quantitative estimate of drug-likeness (QED) is 0.745. The first kappa shape index (κ1) is 18.0. The highest BCUT2D eigenvalue weighted by molar-refractivity contribution is 9.10. The number of rotatable bonds is 6. The van der Waals surface area contributed by atoms with Crippen LogP contribution in [0.15, 0.2) is 22.7 Å². The molecule has 1 rings (SSSR count). The summed E-state index contributed by atoms with van der Waals surface area (Å²) in [5.74, 6) is -0.897. The Morgan fingerprint density at radius 2 is 1.90 bits per heavy atom. The van der Waals surface area contributed by atoms with E-state index >= 15 is 0 Å². The molecule has 0 unspecified atom stereocenters. The highest BCUT2D eigenvalue weighted by atomic mass is 79.9. The highest BCUT2D eigenvalue weighted by Gasteiger charge is 2.31. The number of nitrogens with one attached hydrogen (secondary N) is 1. The molecule has 7 heteroatoms. The number of halogens is 4. The number of benzene rings is 1. The van der Waals surface area contributed by atoms with Crippen molar-refractivity contribution in [3.63, 3.8) is 0 Å². The van der Waals surface area contributed by atoms with Gasteiger partial charge in [-0.05, 0) is 50.6 Å². The van der Waals surface area contributed by atoms with Crippen LogP contribution in [0.25, 0.3) is 0 Å². The number of alkyl halides is 3. The molecule has 2 N–H and O–H groups in total. The van der Waals surface area contributed by atoms with Crippen LogP contribution in [0.4, 0.5) is 13.2 Å². The average molecular weight is 368 g/mol. The molecule has 0 aliphatic carbocycles. The molecular formula is C14H17BrF3NO2. The minimum atomic E-state index is -4.39. The molecule has 0 saturated heterocycles. The van der Waals surface area contributed by atoms with Crippen molar-refractivity contribution in [3.05, 3.63) is 33.8 Å². The smallest absolute Gasteiger partial charge is 0.416 e. The van der Waals surface area contributed by atoms with Crippen LogP contribution in [0, 0.1) is 5.41 Å². The van der Waals surface area contributed by atoms with Gasteiger partial charge >= 0.3 is 12.1 Å². The number of hydrogen-bond acceptors (Lipinski definition) is 2.